The van der Waals surface area contributed by atoms with E-state index in [-0.39, 0.29) is 41.4 Å². The van der Waals surface area contributed by atoms with E-state index >= 15 is 0 Å². The van der Waals surface area contributed by atoms with E-state index in [4.69, 9.17) is 0 Å². The number of amides is 1. The molecule has 0 bridgehead atoms. The molecule has 8 nitrogen and oxygen atoms in total. The quantitative estimate of drug-likeness (QED) is 0.423. The van der Waals surface area contributed by atoms with Crippen LogP contribution in [0.4, 0.5) is 0 Å². The van der Waals surface area contributed by atoms with Crippen LogP contribution in [-0.4, -0.2) is 30.7 Å². The topological polar surface area (TPSA) is 90.4 Å². The number of benzene rings is 2. The summed E-state index contributed by atoms with van der Waals surface area (Å²) >= 11 is 0. The Kier molecular flexibility index (Phi) is 6.73. The minimum Gasteiger partial charge on any atom is -0.350 e. The molecule has 0 saturated heterocycles. The molecule has 2 aromatic heterocycles. The third-order valence-electron chi connectivity index (χ3n) is 6.13. The van der Waals surface area contributed by atoms with Crippen molar-refractivity contribution in [2.24, 2.45) is 5.92 Å². The first-order valence-electron chi connectivity index (χ1n) is 11.9. The summed E-state index contributed by atoms with van der Waals surface area (Å²) in [5.41, 5.74) is 2.05. The number of nitrogens with one attached hydrogen (secondary N) is 1. The lowest BCUT2D eigenvalue weighted by molar-refractivity contribution is 0.0939. The van der Waals surface area contributed by atoms with Crippen LogP contribution in [0.3, 0.4) is 0 Å². The molecular weight excluding hydrogens is 442 g/mol. The molecule has 35 heavy (non-hydrogen) atoms. The molecule has 2 heterocycles. The molecule has 2 aromatic carbocycles. The highest BCUT2D eigenvalue weighted by Gasteiger charge is 2.20. The number of hydrogen-bond donors (Lipinski definition) is 1. The molecule has 0 aliphatic heterocycles. The Hall–Kier alpha value is -3.94. The molecule has 1 N–H and O–H groups in total. The fourth-order valence-electron chi connectivity index (χ4n) is 4.03. The number of fused-ring (bicyclic) bond motifs is 3. The van der Waals surface area contributed by atoms with Crippen molar-refractivity contribution >= 4 is 28.7 Å². The first kappa shape index (κ1) is 24.2. The highest BCUT2D eigenvalue weighted by Crippen LogP contribution is 2.16. The maximum absolute atomic E-state index is 13.6. The molecule has 1 atom stereocenters. The monoisotopic (exact) mass is 473 g/mol. The van der Waals surface area contributed by atoms with Crippen molar-refractivity contribution in [1.82, 2.24) is 24.1 Å². The van der Waals surface area contributed by atoms with E-state index in [0.29, 0.717) is 23.0 Å². The zero-order valence-corrected chi connectivity index (χ0v) is 20.6. The van der Waals surface area contributed by atoms with Gasteiger partial charge in [0.25, 0.3) is 11.5 Å². The highest BCUT2D eigenvalue weighted by molar-refractivity contribution is 5.98. The minimum absolute atomic E-state index is 0.00945. The van der Waals surface area contributed by atoms with Crippen LogP contribution in [0.1, 0.15) is 55.6 Å². The van der Waals surface area contributed by atoms with Gasteiger partial charge in [-0.2, -0.15) is 0 Å². The molecule has 0 radical (unpaired) electrons. The molecular formula is C27H31N5O3. The number of hydrogen-bond acceptors (Lipinski definition) is 4. The van der Waals surface area contributed by atoms with E-state index in [9.17, 15) is 14.4 Å². The molecule has 8 heteroatoms. The van der Waals surface area contributed by atoms with Gasteiger partial charge in [-0.25, -0.2) is 13.9 Å². The van der Waals surface area contributed by atoms with Crippen molar-refractivity contribution in [1.29, 1.82) is 0 Å². The van der Waals surface area contributed by atoms with Crippen LogP contribution < -0.4 is 16.6 Å². The summed E-state index contributed by atoms with van der Waals surface area (Å²) in [6.07, 6.45) is 2.55. The second-order valence-electron chi connectivity index (χ2n) is 9.35. The number of aromatic nitrogens is 4. The second kappa shape index (κ2) is 9.74. The smallest absolute Gasteiger partial charge is 0.350 e. The van der Waals surface area contributed by atoms with Gasteiger partial charge >= 0.3 is 5.69 Å². The molecule has 4 rings (SSSR count). The van der Waals surface area contributed by atoms with Crippen molar-refractivity contribution in [3.8, 4) is 0 Å². The number of carbonyl (C=O) groups excluding carboxylic acids is 1. The molecule has 4 aromatic rings. The lowest BCUT2D eigenvalue weighted by Gasteiger charge is -2.14. The number of carbonyl (C=O) groups is 1. The zero-order valence-electron chi connectivity index (χ0n) is 20.6. The van der Waals surface area contributed by atoms with E-state index in [2.05, 4.69) is 17.0 Å². The molecule has 0 aliphatic carbocycles. The van der Waals surface area contributed by atoms with Gasteiger partial charge in [0.2, 0.25) is 5.78 Å². The van der Waals surface area contributed by atoms with Gasteiger partial charge in [-0.1, -0.05) is 57.7 Å². The number of rotatable bonds is 8. The Morgan fingerprint density at radius 1 is 1.11 bits per heavy atom. The van der Waals surface area contributed by atoms with Crippen molar-refractivity contribution in [2.45, 2.75) is 53.2 Å². The molecule has 1 unspecified atom stereocenters. The Morgan fingerprint density at radius 2 is 1.83 bits per heavy atom. The average Bonchev–Trinajstić information content (AvgIpc) is 3.17. The van der Waals surface area contributed by atoms with Crippen molar-refractivity contribution in [2.75, 3.05) is 0 Å². The van der Waals surface area contributed by atoms with Crippen LogP contribution in [0.2, 0.25) is 0 Å². The standard InChI is InChI=1S/C27H31N5O3/c1-6-18(5)28-24(33)21-12-13-22-23(14-21)32-26(30(25(22)34)15-17(3)4)29-31(27(32)35)16-20-10-8-19(7-2)9-11-20/h7-14,17-18H,2,6,15-16H2,1,3-5H3,(H,28,33). The summed E-state index contributed by atoms with van der Waals surface area (Å²) in [5.74, 6) is 0.188. The normalized spacial score (nSPS) is 12.4. The third kappa shape index (κ3) is 4.69. The average molecular weight is 474 g/mol. The summed E-state index contributed by atoms with van der Waals surface area (Å²) in [7, 11) is 0. The lowest BCUT2D eigenvalue weighted by atomic mass is 10.1. The third-order valence-corrected chi connectivity index (χ3v) is 6.13. The first-order chi connectivity index (χ1) is 16.7. The van der Waals surface area contributed by atoms with Crippen LogP contribution in [0.15, 0.2) is 58.6 Å². The van der Waals surface area contributed by atoms with Gasteiger partial charge in [-0.05, 0) is 48.6 Å². The molecule has 182 valence electrons. The Balaban J connectivity index is 1.93. The van der Waals surface area contributed by atoms with Gasteiger partial charge in [0.05, 0.1) is 17.4 Å². The molecule has 0 spiro atoms. The predicted molar refractivity (Wildman–Crippen MR) is 139 cm³/mol. The second-order valence-corrected chi connectivity index (χ2v) is 9.35. The molecule has 0 aliphatic rings. The SMILES string of the molecule is C=Cc1ccc(Cn2nc3n(CC(C)C)c(=O)c4ccc(C(=O)NC(C)CC)cc4n3c2=O)cc1. The van der Waals surface area contributed by atoms with Crippen LogP contribution in [0, 0.1) is 5.92 Å². The Bertz CT molecular complexity index is 1520. The maximum atomic E-state index is 13.6. The lowest BCUT2D eigenvalue weighted by Crippen LogP contribution is -2.32. The van der Waals surface area contributed by atoms with Gasteiger partial charge in [0.1, 0.15) is 0 Å². The van der Waals surface area contributed by atoms with Crippen molar-refractivity contribution in [3.05, 3.63) is 86.6 Å². The fraction of sp³-hybridized carbons (Fsp3) is 0.333. The summed E-state index contributed by atoms with van der Waals surface area (Å²) < 4.78 is 4.35. The van der Waals surface area contributed by atoms with Gasteiger partial charge in [0, 0.05) is 18.2 Å². The zero-order chi connectivity index (χ0) is 25.3. The van der Waals surface area contributed by atoms with E-state index in [0.717, 1.165) is 17.5 Å². The summed E-state index contributed by atoms with van der Waals surface area (Å²) in [6.45, 7) is 12.4. The van der Waals surface area contributed by atoms with Crippen LogP contribution >= 0.6 is 0 Å². The fourth-order valence-corrected chi connectivity index (χ4v) is 4.03. The Morgan fingerprint density at radius 3 is 2.46 bits per heavy atom. The Labute approximate surface area is 203 Å². The van der Waals surface area contributed by atoms with E-state index in [1.807, 2.05) is 52.0 Å². The van der Waals surface area contributed by atoms with E-state index in [1.54, 1.807) is 28.8 Å². The minimum atomic E-state index is -0.366. The molecule has 0 saturated carbocycles. The highest BCUT2D eigenvalue weighted by atomic mass is 16.2. The largest absolute Gasteiger partial charge is 0.352 e. The van der Waals surface area contributed by atoms with E-state index < -0.39 is 0 Å². The van der Waals surface area contributed by atoms with E-state index in [1.165, 1.54) is 9.08 Å². The first-order valence-corrected chi connectivity index (χ1v) is 11.9. The maximum Gasteiger partial charge on any atom is 0.352 e. The van der Waals surface area contributed by atoms with Crippen LogP contribution in [0.5, 0.6) is 0 Å². The predicted octanol–water partition coefficient (Wildman–Crippen LogP) is 3.69. The van der Waals surface area contributed by atoms with Crippen molar-refractivity contribution in [3.63, 3.8) is 0 Å². The van der Waals surface area contributed by atoms with Gasteiger partial charge < -0.3 is 5.32 Å². The number of nitrogens with zero attached hydrogens (tertiary/aromatic N) is 4. The molecule has 1 amide bonds. The van der Waals surface area contributed by atoms with Crippen LogP contribution in [0.25, 0.3) is 22.8 Å². The summed E-state index contributed by atoms with van der Waals surface area (Å²) in [5, 5.41) is 7.87. The van der Waals surface area contributed by atoms with Gasteiger partial charge in [0.15, 0.2) is 0 Å². The van der Waals surface area contributed by atoms with Crippen LogP contribution in [-0.2, 0) is 13.1 Å². The van der Waals surface area contributed by atoms with Gasteiger partial charge in [-0.3, -0.25) is 14.2 Å². The summed E-state index contributed by atoms with van der Waals surface area (Å²) in [6, 6.07) is 12.6. The summed E-state index contributed by atoms with van der Waals surface area (Å²) in [4.78, 5) is 39.7. The molecule has 0 fully saturated rings. The van der Waals surface area contributed by atoms with Gasteiger partial charge in [-0.15, -0.1) is 5.10 Å². The van der Waals surface area contributed by atoms with Crippen molar-refractivity contribution < 1.29 is 4.79 Å².